The minimum atomic E-state index is 0.698. The maximum atomic E-state index is 10.5. The van der Waals surface area contributed by atoms with Crippen LogP contribution in [0.5, 0.6) is 0 Å². The summed E-state index contributed by atoms with van der Waals surface area (Å²) in [6, 6.07) is 17.6. The summed E-state index contributed by atoms with van der Waals surface area (Å²) in [5.41, 5.74) is 2.96. The second-order valence-corrected chi connectivity index (χ2v) is 4.30. The van der Waals surface area contributed by atoms with Gasteiger partial charge < -0.3 is 0 Å². The molecule has 2 rings (SSSR count). The van der Waals surface area contributed by atoms with E-state index in [1.54, 1.807) is 0 Å². The lowest BCUT2D eigenvalue weighted by molar-refractivity contribution is 0.112. The van der Waals surface area contributed by atoms with Crippen molar-refractivity contribution < 1.29 is 4.79 Å². The Labute approximate surface area is 119 Å². The summed E-state index contributed by atoms with van der Waals surface area (Å²) in [4.78, 5) is 10.5. The Morgan fingerprint density at radius 3 is 1.60 bits per heavy atom. The first kappa shape index (κ1) is 13.8. The molecule has 0 fully saturated rings. The molecule has 0 saturated carbocycles. The van der Waals surface area contributed by atoms with Gasteiger partial charge in [-0.25, -0.2) is 0 Å². The number of carbonyl (C=O) groups excluding carboxylic acids is 1. The van der Waals surface area contributed by atoms with Crippen LogP contribution in [0, 0.1) is 0 Å². The van der Waals surface area contributed by atoms with E-state index < -0.39 is 0 Å². The quantitative estimate of drug-likeness (QED) is 0.558. The second-order valence-electron chi connectivity index (χ2n) is 4.30. The zero-order valence-corrected chi connectivity index (χ0v) is 11.1. The molecule has 2 aromatic rings. The van der Waals surface area contributed by atoms with Gasteiger partial charge in [-0.3, -0.25) is 4.79 Å². The molecule has 0 spiro atoms. The van der Waals surface area contributed by atoms with Gasteiger partial charge in [-0.15, -0.1) is 0 Å². The average molecular weight is 260 g/mol. The molecule has 0 atom stereocenters. The summed E-state index contributed by atoms with van der Waals surface area (Å²) in [7, 11) is 0. The molecule has 0 aliphatic carbocycles. The second kappa shape index (κ2) is 7.70. The summed E-state index contributed by atoms with van der Waals surface area (Å²) in [5.74, 6) is 0. The predicted molar refractivity (Wildman–Crippen MR) is 85.5 cm³/mol. The van der Waals surface area contributed by atoms with Gasteiger partial charge in [0.25, 0.3) is 0 Å². The molecule has 1 heteroatoms. The van der Waals surface area contributed by atoms with Gasteiger partial charge in [-0.2, -0.15) is 0 Å². The van der Waals surface area contributed by atoms with E-state index in [4.69, 9.17) is 0 Å². The van der Waals surface area contributed by atoms with E-state index in [0.29, 0.717) is 5.56 Å². The van der Waals surface area contributed by atoms with Crippen molar-refractivity contribution in [3.63, 3.8) is 0 Å². The van der Waals surface area contributed by atoms with Crippen LogP contribution in [0.2, 0.25) is 0 Å². The molecule has 20 heavy (non-hydrogen) atoms. The van der Waals surface area contributed by atoms with Crippen molar-refractivity contribution in [2.24, 2.45) is 0 Å². The fourth-order valence-corrected chi connectivity index (χ4v) is 1.71. The van der Waals surface area contributed by atoms with Crippen LogP contribution in [0.4, 0.5) is 0 Å². The molecule has 0 N–H and O–H groups in total. The Morgan fingerprint density at radius 1 is 0.550 bits per heavy atom. The zero-order chi connectivity index (χ0) is 14.0. The molecule has 2 aromatic carbocycles. The highest BCUT2D eigenvalue weighted by molar-refractivity contribution is 5.75. The van der Waals surface area contributed by atoms with Crippen molar-refractivity contribution in [3.05, 3.63) is 95.6 Å². The lowest BCUT2D eigenvalue weighted by atomic mass is 10.1. The molecular formula is C19H16O. The maximum Gasteiger partial charge on any atom is 0.150 e. The smallest absolute Gasteiger partial charge is 0.150 e. The highest BCUT2D eigenvalue weighted by Crippen LogP contribution is 2.05. The number of aldehydes is 1. The van der Waals surface area contributed by atoms with E-state index in [1.165, 1.54) is 5.56 Å². The predicted octanol–water partition coefficient (Wildman–Crippen LogP) is 4.78. The summed E-state index contributed by atoms with van der Waals surface area (Å²) in [6.45, 7) is 0. The molecule has 0 unspecified atom stereocenters. The van der Waals surface area contributed by atoms with Gasteiger partial charge in [0, 0.05) is 5.56 Å². The van der Waals surface area contributed by atoms with Crippen molar-refractivity contribution in [1.29, 1.82) is 0 Å². The Bertz CT molecular complexity index is 617. The summed E-state index contributed by atoms with van der Waals surface area (Å²) < 4.78 is 0. The Morgan fingerprint density at radius 2 is 1.05 bits per heavy atom. The Balaban J connectivity index is 1.87. The van der Waals surface area contributed by atoms with Crippen LogP contribution in [0.1, 0.15) is 21.5 Å². The molecule has 98 valence electrons. The van der Waals surface area contributed by atoms with Gasteiger partial charge >= 0.3 is 0 Å². The molecule has 0 radical (unpaired) electrons. The first-order valence-corrected chi connectivity index (χ1v) is 6.50. The van der Waals surface area contributed by atoms with Crippen LogP contribution < -0.4 is 0 Å². The summed E-state index contributed by atoms with van der Waals surface area (Å²) >= 11 is 0. The third-order valence-electron chi connectivity index (χ3n) is 2.78. The van der Waals surface area contributed by atoms with E-state index in [-0.39, 0.29) is 0 Å². The molecule has 0 aromatic heterocycles. The third-order valence-corrected chi connectivity index (χ3v) is 2.78. The van der Waals surface area contributed by atoms with Crippen LogP contribution in [0.3, 0.4) is 0 Å². The highest BCUT2D eigenvalue weighted by Gasteiger charge is 1.88. The normalized spacial score (nSPS) is 11.6. The van der Waals surface area contributed by atoms with Crippen molar-refractivity contribution in [3.8, 4) is 0 Å². The van der Waals surface area contributed by atoms with Gasteiger partial charge in [0.2, 0.25) is 0 Å². The monoisotopic (exact) mass is 260 g/mol. The maximum absolute atomic E-state index is 10.5. The van der Waals surface area contributed by atoms with E-state index in [9.17, 15) is 4.79 Å². The lowest BCUT2D eigenvalue weighted by Gasteiger charge is -1.92. The number of hydrogen-bond donors (Lipinski definition) is 0. The molecule has 0 heterocycles. The van der Waals surface area contributed by atoms with Gasteiger partial charge in [-0.05, 0) is 11.1 Å². The van der Waals surface area contributed by atoms with Gasteiger partial charge in [-0.1, -0.05) is 91.1 Å². The molecule has 0 saturated heterocycles. The standard InChI is InChI=1S/C19H16O/c20-16-19-14-12-18(13-15-19)11-5-2-1-4-8-17-9-6-3-7-10-17/h1-16H/b2-1-,8-4+,11-5+. The summed E-state index contributed by atoms with van der Waals surface area (Å²) in [6.07, 6.45) is 12.9. The fraction of sp³-hybridized carbons (Fsp3) is 0. The van der Waals surface area contributed by atoms with E-state index in [0.717, 1.165) is 11.8 Å². The molecule has 0 aliphatic rings. The minimum absolute atomic E-state index is 0.698. The lowest BCUT2D eigenvalue weighted by Crippen LogP contribution is -1.78. The van der Waals surface area contributed by atoms with E-state index >= 15 is 0 Å². The van der Waals surface area contributed by atoms with Crippen molar-refractivity contribution >= 4 is 18.4 Å². The molecule has 0 aliphatic heterocycles. The van der Waals surface area contributed by atoms with Crippen molar-refractivity contribution in [2.45, 2.75) is 0 Å². The molecule has 1 nitrogen and oxygen atoms in total. The number of rotatable bonds is 5. The first-order chi connectivity index (χ1) is 9.88. The van der Waals surface area contributed by atoms with Crippen LogP contribution in [-0.4, -0.2) is 6.29 Å². The van der Waals surface area contributed by atoms with Crippen LogP contribution in [0.25, 0.3) is 12.2 Å². The highest BCUT2D eigenvalue weighted by atomic mass is 16.1. The Hall–Kier alpha value is -2.67. The summed E-state index contributed by atoms with van der Waals surface area (Å²) in [5, 5.41) is 0. The molecule has 0 amide bonds. The number of allylic oxidation sites excluding steroid dienone is 4. The van der Waals surface area contributed by atoms with Crippen LogP contribution in [0.15, 0.2) is 78.9 Å². The van der Waals surface area contributed by atoms with E-state index in [1.807, 2.05) is 72.8 Å². The molecular weight excluding hydrogens is 244 g/mol. The van der Waals surface area contributed by atoms with Gasteiger partial charge in [0.05, 0.1) is 0 Å². The number of benzene rings is 2. The SMILES string of the molecule is O=Cc1ccc(/C=C/C=C\C=C\c2ccccc2)cc1. The van der Waals surface area contributed by atoms with Gasteiger partial charge in [0.15, 0.2) is 0 Å². The number of carbonyl (C=O) groups is 1. The number of hydrogen-bond acceptors (Lipinski definition) is 1. The molecule has 0 bridgehead atoms. The first-order valence-electron chi connectivity index (χ1n) is 6.50. The fourth-order valence-electron chi connectivity index (χ4n) is 1.71. The Kier molecular flexibility index (Phi) is 5.29. The van der Waals surface area contributed by atoms with E-state index in [2.05, 4.69) is 18.2 Å². The van der Waals surface area contributed by atoms with Gasteiger partial charge in [0.1, 0.15) is 6.29 Å². The van der Waals surface area contributed by atoms with Crippen molar-refractivity contribution in [2.75, 3.05) is 0 Å². The largest absolute Gasteiger partial charge is 0.298 e. The topological polar surface area (TPSA) is 17.1 Å². The van der Waals surface area contributed by atoms with Crippen LogP contribution >= 0.6 is 0 Å². The van der Waals surface area contributed by atoms with Crippen LogP contribution in [-0.2, 0) is 0 Å². The third kappa shape index (κ3) is 4.54. The average Bonchev–Trinajstić information content (AvgIpc) is 2.52. The minimum Gasteiger partial charge on any atom is -0.298 e. The zero-order valence-electron chi connectivity index (χ0n) is 11.1. The van der Waals surface area contributed by atoms with Crippen molar-refractivity contribution in [1.82, 2.24) is 0 Å².